The lowest BCUT2D eigenvalue weighted by molar-refractivity contribution is 0.317. The Hall–Kier alpha value is -2.44. The van der Waals surface area contributed by atoms with Gasteiger partial charge in [-0.05, 0) is 50.8 Å². The molecule has 0 amide bonds. The Labute approximate surface area is 207 Å². The second-order valence-corrected chi connectivity index (χ2v) is 12.0. The van der Waals surface area contributed by atoms with Crippen molar-refractivity contribution >= 4 is 16.9 Å². The quantitative estimate of drug-likeness (QED) is 0.616. The molecule has 2 aliphatic carbocycles. The van der Waals surface area contributed by atoms with Gasteiger partial charge >= 0.3 is 0 Å². The Kier molecular flexibility index (Phi) is 6.38. The van der Waals surface area contributed by atoms with E-state index in [9.17, 15) is 0 Å². The number of allylic oxidation sites excluding steroid dienone is 3. The molecule has 34 heavy (non-hydrogen) atoms. The van der Waals surface area contributed by atoms with E-state index in [-0.39, 0.29) is 22.9 Å². The molecule has 4 aliphatic rings. The van der Waals surface area contributed by atoms with Gasteiger partial charge in [-0.3, -0.25) is 5.73 Å². The van der Waals surface area contributed by atoms with Crippen molar-refractivity contribution in [2.75, 3.05) is 13.3 Å². The van der Waals surface area contributed by atoms with E-state index >= 15 is 0 Å². The molecule has 180 valence electrons. The van der Waals surface area contributed by atoms with Gasteiger partial charge in [-0.2, -0.15) is 4.31 Å². The molecule has 0 aromatic heterocycles. The smallest absolute Gasteiger partial charge is 0.181 e. The van der Waals surface area contributed by atoms with E-state index in [1.165, 1.54) is 53.7 Å². The molecule has 1 saturated carbocycles. The summed E-state index contributed by atoms with van der Waals surface area (Å²) in [5.74, 6) is 0.925. The number of amidine groups is 1. The first-order chi connectivity index (χ1) is 16.4. The number of fused-ring (bicyclic) bond motifs is 1. The highest BCUT2D eigenvalue weighted by Gasteiger charge is 2.50. The summed E-state index contributed by atoms with van der Waals surface area (Å²) in [7, 11) is 2.06. The molecular formula is C28H38N5S+. The summed E-state index contributed by atoms with van der Waals surface area (Å²) in [4.78, 5) is 8.25. The zero-order chi connectivity index (χ0) is 23.9. The number of hydrogen-bond donors (Lipinski definition) is 2. The summed E-state index contributed by atoms with van der Waals surface area (Å²) in [6, 6.07) is 9.48. The maximum absolute atomic E-state index is 6.52. The molecule has 0 bridgehead atoms. The standard InChI is InChI=1S/C28H38N5S/c1-20-13-15-22(16-14-20)34(4)33-19-23(24-12-8-9-17-28(24,33)2)25-18-26(31-27(29)32(25)3)30-21-10-6-5-7-11-21/h8-9,12-16,18-19,21,27H,5-7,10-11,17,29H2,1-4H3,(H,30,31)/q+1. The van der Waals surface area contributed by atoms with Crippen molar-refractivity contribution in [2.45, 2.75) is 75.1 Å². The molecule has 3 N–H and O–H groups in total. The lowest BCUT2D eigenvalue weighted by Gasteiger charge is -2.36. The zero-order valence-electron chi connectivity index (χ0n) is 20.9. The fraction of sp³-hybridized carbons (Fsp3) is 0.464. The first kappa shape index (κ1) is 23.3. The third-order valence-electron chi connectivity index (χ3n) is 7.73. The molecule has 0 radical (unpaired) electrons. The molecule has 1 aromatic carbocycles. The van der Waals surface area contributed by atoms with Gasteiger partial charge < -0.3 is 10.2 Å². The maximum Gasteiger partial charge on any atom is 0.181 e. The van der Waals surface area contributed by atoms with E-state index in [0.717, 1.165) is 18.0 Å². The number of nitrogens with two attached hydrogens (primary N) is 1. The van der Waals surface area contributed by atoms with Gasteiger partial charge in [0.15, 0.2) is 11.2 Å². The van der Waals surface area contributed by atoms with Crippen LogP contribution < -0.4 is 11.1 Å². The van der Waals surface area contributed by atoms with E-state index in [0.29, 0.717) is 6.04 Å². The number of benzene rings is 1. The van der Waals surface area contributed by atoms with E-state index < -0.39 is 0 Å². The van der Waals surface area contributed by atoms with Crippen molar-refractivity contribution in [1.29, 1.82) is 0 Å². The van der Waals surface area contributed by atoms with Gasteiger partial charge in [-0.25, -0.2) is 4.99 Å². The van der Waals surface area contributed by atoms with E-state index in [2.05, 4.69) is 96.4 Å². The van der Waals surface area contributed by atoms with Crippen molar-refractivity contribution < 1.29 is 0 Å². The average molecular weight is 477 g/mol. The topological polar surface area (TPSA) is 56.9 Å². The van der Waals surface area contributed by atoms with Crippen LogP contribution in [0.1, 0.15) is 51.0 Å². The minimum Gasteiger partial charge on any atom is -0.367 e. The lowest BCUT2D eigenvalue weighted by Crippen LogP contribution is -2.46. The third kappa shape index (κ3) is 4.22. The van der Waals surface area contributed by atoms with Gasteiger partial charge in [0.2, 0.25) is 0 Å². The highest BCUT2D eigenvalue weighted by Crippen LogP contribution is 2.48. The number of nitrogens with zero attached hydrogens (tertiary/aromatic N) is 3. The first-order valence-electron chi connectivity index (χ1n) is 12.5. The van der Waals surface area contributed by atoms with E-state index in [4.69, 9.17) is 10.7 Å². The molecule has 6 heteroatoms. The predicted octanol–water partition coefficient (Wildman–Crippen LogP) is 4.75. The summed E-state index contributed by atoms with van der Waals surface area (Å²) in [6.07, 6.45) is 20.7. The number of likely N-dealkylation sites (N-methyl/N-ethyl adjacent to an activating group) is 1. The van der Waals surface area contributed by atoms with Gasteiger partial charge in [0.1, 0.15) is 28.7 Å². The van der Waals surface area contributed by atoms with Crippen molar-refractivity contribution in [3.63, 3.8) is 0 Å². The monoisotopic (exact) mass is 476 g/mol. The highest BCUT2D eigenvalue weighted by atomic mass is 32.2. The number of aryl methyl sites for hydroxylation is 1. The minimum atomic E-state index is -0.385. The van der Waals surface area contributed by atoms with Crippen LogP contribution in [0.2, 0.25) is 0 Å². The van der Waals surface area contributed by atoms with Gasteiger partial charge in [0, 0.05) is 24.7 Å². The molecule has 2 heterocycles. The molecule has 5 nitrogen and oxygen atoms in total. The van der Waals surface area contributed by atoms with Crippen molar-refractivity contribution in [1.82, 2.24) is 14.5 Å². The van der Waals surface area contributed by atoms with Crippen LogP contribution in [0.5, 0.6) is 0 Å². The fourth-order valence-corrected chi connectivity index (χ4v) is 7.34. The van der Waals surface area contributed by atoms with Crippen LogP contribution in [0.15, 0.2) is 81.5 Å². The van der Waals surface area contributed by atoms with Gasteiger partial charge in [-0.15, -0.1) is 0 Å². The number of aliphatic imine (C=N–C) groups is 1. The minimum absolute atomic E-state index is 0.0749. The predicted molar refractivity (Wildman–Crippen MR) is 144 cm³/mol. The second kappa shape index (κ2) is 9.31. The Morgan fingerprint density at radius 3 is 2.62 bits per heavy atom. The number of nitrogens with one attached hydrogen (secondary N) is 1. The van der Waals surface area contributed by atoms with Crippen LogP contribution in [0, 0.1) is 6.92 Å². The van der Waals surface area contributed by atoms with Crippen molar-refractivity contribution in [2.24, 2.45) is 10.7 Å². The Bertz CT molecular complexity index is 1080. The van der Waals surface area contributed by atoms with Gasteiger partial charge in [0.25, 0.3) is 0 Å². The summed E-state index contributed by atoms with van der Waals surface area (Å²) >= 11 is -0.0749. The Morgan fingerprint density at radius 1 is 1.15 bits per heavy atom. The van der Waals surface area contributed by atoms with Gasteiger partial charge in [0.05, 0.1) is 11.9 Å². The summed E-state index contributed by atoms with van der Waals surface area (Å²) in [5, 5.41) is 3.70. The zero-order valence-corrected chi connectivity index (χ0v) is 21.7. The molecule has 2 aliphatic heterocycles. The van der Waals surface area contributed by atoms with Crippen LogP contribution in [0.25, 0.3) is 0 Å². The van der Waals surface area contributed by atoms with Crippen LogP contribution in [-0.4, -0.2) is 46.2 Å². The maximum atomic E-state index is 6.52. The van der Waals surface area contributed by atoms with Gasteiger partial charge in [-0.1, -0.05) is 55.2 Å². The Morgan fingerprint density at radius 2 is 1.88 bits per heavy atom. The molecule has 0 saturated heterocycles. The molecule has 5 rings (SSSR count). The average Bonchev–Trinajstić information content (AvgIpc) is 3.15. The first-order valence-corrected chi connectivity index (χ1v) is 14.1. The Balaban J connectivity index is 1.50. The molecule has 3 atom stereocenters. The summed E-state index contributed by atoms with van der Waals surface area (Å²) < 4.78 is 2.57. The highest BCUT2D eigenvalue weighted by molar-refractivity contribution is 7.94. The number of rotatable bonds is 4. The number of hydrogen-bond acceptors (Lipinski definition) is 5. The largest absolute Gasteiger partial charge is 0.367 e. The van der Waals surface area contributed by atoms with Crippen LogP contribution in [0.4, 0.5) is 0 Å². The van der Waals surface area contributed by atoms with Crippen molar-refractivity contribution in [3.8, 4) is 0 Å². The van der Waals surface area contributed by atoms with Crippen LogP contribution in [-0.2, 0) is 11.1 Å². The molecule has 0 spiro atoms. The van der Waals surface area contributed by atoms with E-state index in [1.807, 2.05) is 0 Å². The van der Waals surface area contributed by atoms with E-state index in [1.54, 1.807) is 0 Å². The third-order valence-corrected chi connectivity index (χ3v) is 9.78. The second-order valence-electron chi connectivity index (χ2n) is 10.2. The van der Waals surface area contributed by atoms with Crippen LogP contribution >= 0.6 is 0 Å². The SMILES string of the molecule is Cc1ccc([S+](C)N2C=C(C3=CC(NC4CCCCC4)=NC(N)N3C)C3=CC=CCC32C)cc1. The molecule has 1 aromatic rings. The molecule has 1 fully saturated rings. The molecular weight excluding hydrogens is 438 g/mol. The lowest BCUT2D eigenvalue weighted by atomic mass is 9.82. The summed E-state index contributed by atoms with van der Waals surface area (Å²) in [6.45, 7) is 4.52. The molecule has 3 unspecified atom stereocenters. The van der Waals surface area contributed by atoms with Crippen LogP contribution in [0.3, 0.4) is 0 Å². The summed E-state index contributed by atoms with van der Waals surface area (Å²) in [5.41, 5.74) is 11.5. The normalized spacial score (nSPS) is 28.1. The fourth-order valence-electron chi connectivity index (χ4n) is 5.55. The van der Waals surface area contributed by atoms with Crippen molar-refractivity contribution in [3.05, 3.63) is 77.2 Å².